The van der Waals surface area contributed by atoms with Crippen LogP contribution in [0.2, 0.25) is 0 Å². The summed E-state index contributed by atoms with van der Waals surface area (Å²) in [5.41, 5.74) is 0.784. The molecule has 1 N–H and O–H groups in total. The third-order valence-electron chi connectivity index (χ3n) is 2.67. The molecule has 0 aliphatic carbocycles. The summed E-state index contributed by atoms with van der Waals surface area (Å²) in [7, 11) is 1.50. The second kappa shape index (κ2) is 5.18. The molecule has 1 saturated heterocycles. The van der Waals surface area contributed by atoms with Gasteiger partial charge in [0, 0.05) is 29.5 Å². The molecular formula is C11H11ClN2O4S. The average molecular weight is 303 g/mol. The summed E-state index contributed by atoms with van der Waals surface area (Å²) >= 11 is 0. The molecule has 0 bridgehead atoms. The zero-order valence-corrected chi connectivity index (χ0v) is 11.4. The highest BCUT2D eigenvalue weighted by Gasteiger charge is 2.29. The first-order chi connectivity index (χ1) is 8.88. The standard InChI is InChI=1S/C11H11ClN2O4S/c12-19(17,18)7-8-3-1-2-4-9(8)14-6-5-13-10(15)11(14)16/h1-4H,5-7H2,(H,13,15). The maximum absolute atomic E-state index is 11.8. The molecule has 1 fully saturated rings. The molecule has 8 heteroatoms. The van der Waals surface area contributed by atoms with Crippen LogP contribution in [0.1, 0.15) is 5.56 Å². The second-order valence-electron chi connectivity index (χ2n) is 4.02. The first-order valence-corrected chi connectivity index (χ1v) is 7.96. The van der Waals surface area contributed by atoms with Crippen LogP contribution in [0.15, 0.2) is 24.3 Å². The number of hydrogen-bond donors (Lipinski definition) is 1. The monoisotopic (exact) mass is 302 g/mol. The van der Waals surface area contributed by atoms with Gasteiger partial charge in [-0.3, -0.25) is 9.59 Å². The van der Waals surface area contributed by atoms with Gasteiger partial charge in [-0.05, 0) is 11.6 Å². The normalized spacial score (nSPS) is 16.4. The number of anilines is 1. The van der Waals surface area contributed by atoms with Crippen molar-refractivity contribution in [1.82, 2.24) is 5.32 Å². The molecule has 102 valence electrons. The quantitative estimate of drug-likeness (QED) is 0.639. The van der Waals surface area contributed by atoms with E-state index in [1.54, 1.807) is 24.3 Å². The summed E-state index contributed by atoms with van der Waals surface area (Å²) in [6, 6.07) is 6.47. The Morgan fingerprint density at radius 2 is 1.95 bits per heavy atom. The van der Waals surface area contributed by atoms with Crippen molar-refractivity contribution in [3.05, 3.63) is 29.8 Å². The van der Waals surface area contributed by atoms with Crippen molar-refractivity contribution in [2.45, 2.75) is 5.75 Å². The fourth-order valence-electron chi connectivity index (χ4n) is 1.89. The van der Waals surface area contributed by atoms with E-state index in [0.717, 1.165) is 0 Å². The Bertz CT molecular complexity index is 629. The van der Waals surface area contributed by atoms with Gasteiger partial charge in [0.15, 0.2) is 0 Å². The van der Waals surface area contributed by atoms with E-state index < -0.39 is 26.6 Å². The summed E-state index contributed by atoms with van der Waals surface area (Å²) in [6.07, 6.45) is 0. The zero-order valence-electron chi connectivity index (χ0n) is 9.80. The molecule has 19 heavy (non-hydrogen) atoms. The van der Waals surface area contributed by atoms with Gasteiger partial charge in [0.1, 0.15) is 0 Å². The predicted octanol–water partition coefficient (Wildman–Crippen LogP) is 0.218. The largest absolute Gasteiger partial charge is 0.346 e. The van der Waals surface area contributed by atoms with Crippen LogP contribution >= 0.6 is 10.7 Å². The van der Waals surface area contributed by atoms with Gasteiger partial charge in [-0.15, -0.1) is 0 Å². The van der Waals surface area contributed by atoms with Gasteiger partial charge in [-0.2, -0.15) is 0 Å². The molecule has 0 radical (unpaired) electrons. The predicted molar refractivity (Wildman–Crippen MR) is 70.3 cm³/mol. The van der Waals surface area contributed by atoms with Gasteiger partial charge < -0.3 is 10.2 Å². The van der Waals surface area contributed by atoms with Crippen LogP contribution in [0, 0.1) is 0 Å². The van der Waals surface area contributed by atoms with Crippen LogP contribution < -0.4 is 10.2 Å². The van der Waals surface area contributed by atoms with Crippen molar-refractivity contribution >= 4 is 37.2 Å². The first kappa shape index (κ1) is 13.8. The van der Waals surface area contributed by atoms with Gasteiger partial charge in [0.2, 0.25) is 9.05 Å². The zero-order chi connectivity index (χ0) is 14.0. The van der Waals surface area contributed by atoms with Crippen LogP contribution in [0.25, 0.3) is 0 Å². The number of para-hydroxylation sites is 1. The first-order valence-electron chi connectivity index (χ1n) is 5.48. The van der Waals surface area contributed by atoms with E-state index in [4.69, 9.17) is 10.7 Å². The highest BCUT2D eigenvalue weighted by atomic mass is 35.7. The summed E-state index contributed by atoms with van der Waals surface area (Å²) in [6.45, 7) is 0.621. The molecule has 0 atom stereocenters. The Kier molecular flexibility index (Phi) is 3.77. The van der Waals surface area contributed by atoms with E-state index in [0.29, 0.717) is 24.3 Å². The number of amides is 2. The lowest BCUT2D eigenvalue weighted by Crippen LogP contribution is -2.52. The smallest absolute Gasteiger partial charge is 0.316 e. The Hall–Kier alpha value is -1.60. The maximum Gasteiger partial charge on any atom is 0.316 e. The number of halogens is 1. The molecule has 1 aromatic carbocycles. The van der Waals surface area contributed by atoms with E-state index in [1.807, 2.05) is 0 Å². The van der Waals surface area contributed by atoms with E-state index >= 15 is 0 Å². The Balaban J connectivity index is 2.39. The average Bonchev–Trinajstić information content (AvgIpc) is 2.32. The van der Waals surface area contributed by atoms with Crippen molar-refractivity contribution in [2.75, 3.05) is 18.0 Å². The minimum atomic E-state index is -3.74. The van der Waals surface area contributed by atoms with Crippen LogP contribution in [0.4, 0.5) is 5.69 Å². The van der Waals surface area contributed by atoms with Crippen molar-refractivity contribution in [3.8, 4) is 0 Å². The van der Waals surface area contributed by atoms with Gasteiger partial charge in [-0.25, -0.2) is 8.42 Å². The highest BCUT2D eigenvalue weighted by Crippen LogP contribution is 2.24. The minimum Gasteiger partial charge on any atom is -0.346 e. The molecule has 0 aromatic heterocycles. The number of nitrogens with zero attached hydrogens (tertiary/aromatic N) is 1. The molecule has 0 unspecified atom stereocenters. The summed E-state index contributed by atoms with van der Waals surface area (Å²) < 4.78 is 22.3. The Labute approximate surface area is 114 Å². The third-order valence-corrected chi connectivity index (χ3v) is 3.65. The summed E-state index contributed by atoms with van der Waals surface area (Å²) in [4.78, 5) is 24.4. The number of carbonyl (C=O) groups excluding carboxylic acids is 2. The van der Waals surface area contributed by atoms with Crippen molar-refractivity contribution in [3.63, 3.8) is 0 Å². The molecule has 1 heterocycles. The fourth-order valence-corrected chi connectivity index (χ4v) is 2.86. The number of rotatable bonds is 3. The lowest BCUT2D eigenvalue weighted by atomic mass is 10.1. The van der Waals surface area contributed by atoms with E-state index in [2.05, 4.69) is 5.32 Å². The molecule has 0 saturated carbocycles. The highest BCUT2D eigenvalue weighted by molar-refractivity contribution is 8.13. The SMILES string of the molecule is O=C1NCCN(c2ccccc2CS(=O)(=O)Cl)C1=O. The van der Waals surface area contributed by atoms with Gasteiger partial charge in [-0.1, -0.05) is 18.2 Å². The van der Waals surface area contributed by atoms with Crippen LogP contribution in [0.5, 0.6) is 0 Å². The molecule has 6 nitrogen and oxygen atoms in total. The van der Waals surface area contributed by atoms with Gasteiger partial charge in [0.25, 0.3) is 0 Å². The molecule has 1 aliphatic heterocycles. The molecule has 0 spiro atoms. The number of benzene rings is 1. The van der Waals surface area contributed by atoms with Gasteiger partial charge >= 0.3 is 11.8 Å². The van der Waals surface area contributed by atoms with Crippen LogP contribution in [0.3, 0.4) is 0 Å². The molecule has 2 amide bonds. The molecule has 1 aromatic rings. The van der Waals surface area contributed by atoms with Crippen molar-refractivity contribution in [2.24, 2.45) is 0 Å². The third kappa shape index (κ3) is 3.24. The van der Waals surface area contributed by atoms with Crippen LogP contribution in [-0.4, -0.2) is 33.3 Å². The summed E-state index contributed by atoms with van der Waals surface area (Å²) in [5.74, 6) is -1.80. The van der Waals surface area contributed by atoms with Gasteiger partial charge in [0.05, 0.1) is 5.75 Å². The van der Waals surface area contributed by atoms with Crippen molar-refractivity contribution < 1.29 is 18.0 Å². The lowest BCUT2D eigenvalue weighted by Gasteiger charge is -2.28. The number of piperazine rings is 1. The second-order valence-corrected chi connectivity index (χ2v) is 6.80. The number of hydrogen-bond acceptors (Lipinski definition) is 4. The van der Waals surface area contributed by atoms with E-state index in [9.17, 15) is 18.0 Å². The number of carbonyl (C=O) groups is 2. The fraction of sp³-hybridized carbons (Fsp3) is 0.273. The maximum atomic E-state index is 11.8. The topological polar surface area (TPSA) is 83.6 Å². The molecular weight excluding hydrogens is 292 g/mol. The Morgan fingerprint density at radius 3 is 2.63 bits per heavy atom. The molecule has 2 rings (SSSR count). The van der Waals surface area contributed by atoms with E-state index in [1.165, 1.54) is 4.90 Å². The Morgan fingerprint density at radius 1 is 1.26 bits per heavy atom. The van der Waals surface area contributed by atoms with E-state index in [-0.39, 0.29) is 0 Å². The lowest BCUT2D eigenvalue weighted by molar-refractivity contribution is -0.138. The molecule has 1 aliphatic rings. The van der Waals surface area contributed by atoms with Crippen molar-refractivity contribution in [1.29, 1.82) is 0 Å². The summed E-state index contributed by atoms with van der Waals surface area (Å²) in [5, 5.41) is 2.42. The van der Waals surface area contributed by atoms with Crippen LogP contribution in [-0.2, 0) is 24.4 Å². The number of nitrogens with one attached hydrogen (secondary N) is 1. The minimum absolute atomic E-state index is 0.296.